The molecule has 0 radical (unpaired) electrons. The lowest BCUT2D eigenvalue weighted by atomic mass is 9.92. The highest BCUT2D eigenvalue weighted by atomic mass is 19.1. The van der Waals surface area contributed by atoms with E-state index in [0.29, 0.717) is 29.3 Å². The second-order valence-electron chi connectivity index (χ2n) is 5.92. The summed E-state index contributed by atoms with van der Waals surface area (Å²) >= 11 is 0. The first-order valence-corrected chi connectivity index (χ1v) is 6.56. The number of benzene rings is 1. The molecule has 3 heteroatoms. The van der Waals surface area contributed by atoms with E-state index in [2.05, 4.69) is 19.2 Å². The van der Waals surface area contributed by atoms with Gasteiger partial charge in [-0.3, -0.25) is 0 Å². The summed E-state index contributed by atoms with van der Waals surface area (Å²) in [4.78, 5) is 0. The van der Waals surface area contributed by atoms with Gasteiger partial charge in [-0.05, 0) is 30.7 Å². The van der Waals surface area contributed by atoms with E-state index in [1.165, 1.54) is 26.4 Å². The first-order chi connectivity index (χ1) is 8.52. The molecule has 0 saturated heterocycles. The van der Waals surface area contributed by atoms with Gasteiger partial charge in [-0.2, -0.15) is 0 Å². The minimum atomic E-state index is -0.246. The number of hydrogen-bond acceptors (Lipinski definition) is 2. The van der Waals surface area contributed by atoms with Crippen molar-refractivity contribution in [3.8, 4) is 5.75 Å². The highest BCUT2D eigenvalue weighted by Gasteiger charge is 2.30. The van der Waals surface area contributed by atoms with Crippen molar-refractivity contribution in [3.05, 3.63) is 29.6 Å². The van der Waals surface area contributed by atoms with Gasteiger partial charge in [0.25, 0.3) is 0 Å². The molecule has 1 aromatic rings. The van der Waals surface area contributed by atoms with Crippen LogP contribution in [0.2, 0.25) is 0 Å². The summed E-state index contributed by atoms with van der Waals surface area (Å²) in [7, 11) is 1.50. The molecule has 1 fully saturated rings. The van der Waals surface area contributed by atoms with Crippen molar-refractivity contribution < 1.29 is 9.13 Å². The maximum absolute atomic E-state index is 13.9. The highest BCUT2D eigenvalue weighted by molar-refractivity contribution is 5.30. The Morgan fingerprint density at radius 3 is 2.83 bits per heavy atom. The zero-order chi connectivity index (χ0) is 13.2. The van der Waals surface area contributed by atoms with Gasteiger partial charge in [-0.1, -0.05) is 26.0 Å². The van der Waals surface area contributed by atoms with Crippen LogP contribution in [0.1, 0.15) is 38.7 Å². The van der Waals surface area contributed by atoms with Crippen LogP contribution in [-0.4, -0.2) is 13.2 Å². The fraction of sp³-hybridized carbons (Fsp3) is 0.600. The van der Waals surface area contributed by atoms with Crippen molar-refractivity contribution in [1.29, 1.82) is 0 Å². The molecule has 1 unspecified atom stereocenters. The lowest BCUT2D eigenvalue weighted by Gasteiger charge is -2.18. The van der Waals surface area contributed by atoms with Gasteiger partial charge in [0.2, 0.25) is 0 Å². The van der Waals surface area contributed by atoms with Crippen molar-refractivity contribution in [3.63, 3.8) is 0 Å². The standard InChI is InChI=1S/C15H22FNO/c1-15(2)8-7-12(9-15)17-10-11-5-4-6-13(18-3)14(11)16/h4-6,12,17H,7-10H2,1-3H3. The maximum atomic E-state index is 13.9. The van der Waals surface area contributed by atoms with E-state index in [-0.39, 0.29) is 5.82 Å². The summed E-state index contributed by atoms with van der Waals surface area (Å²) in [6.45, 7) is 5.16. The molecule has 0 spiro atoms. The van der Waals surface area contributed by atoms with Crippen LogP contribution in [0.5, 0.6) is 5.75 Å². The SMILES string of the molecule is COc1cccc(CNC2CCC(C)(C)C2)c1F. The van der Waals surface area contributed by atoms with Crippen LogP contribution in [0.3, 0.4) is 0 Å². The van der Waals surface area contributed by atoms with Gasteiger partial charge in [0, 0.05) is 18.2 Å². The third kappa shape index (κ3) is 3.02. The third-order valence-corrected chi connectivity index (χ3v) is 3.81. The average molecular weight is 251 g/mol. The molecule has 2 nitrogen and oxygen atoms in total. The van der Waals surface area contributed by atoms with Crippen LogP contribution in [0.4, 0.5) is 4.39 Å². The van der Waals surface area contributed by atoms with Crippen molar-refractivity contribution >= 4 is 0 Å². The number of rotatable bonds is 4. The Bertz CT molecular complexity index is 417. The van der Waals surface area contributed by atoms with Gasteiger partial charge < -0.3 is 10.1 Å². The molecule has 0 aromatic heterocycles. The quantitative estimate of drug-likeness (QED) is 0.884. The zero-order valence-corrected chi connectivity index (χ0v) is 11.4. The highest BCUT2D eigenvalue weighted by Crippen LogP contribution is 2.37. The van der Waals surface area contributed by atoms with E-state index >= 15 is 0 Å². The molecule has 0 bridgehead atoms. The van der Waals surface area contributed by atoms with Crippen molar-refractivity contribution in [2.75, 3.05) is 7.11 Å². The number of methoxy groups -OCH3 is 1. The zero-order valence-electron chi connectivity index (χ0n) is 11.4. The first kappa shape index (κ1) is 13.3. The molecule has 1 atom stereocenters. The summed E-state index contributed by atoms with van der Waals surface area (Å²) in [5.41, 5.74) is 1.10. The minimum absolute atomic E-state index is 0.246. The predicted octanol–water partition coefficient (Wildman–Crippen LogP) is 3.50. The normalized spacial score (nSPS) is 22.1. The van der Waals surface area contributed by atoms with E-state index in [1.807, 2.05) is 12.1 Å². The fourth-order valence-corrected chi connectivity index (χ4v) is 2.72. The Balaban J connectivity index is 1.95. The van der Waals surface area contributed by atoms with Crippen molar-refractivity contribution in [2.24, 2.45) is 5.41 Å². The van der Waals surface area contributed by atoms with E-state index in [1.54, 1.807) is 6.07 Å². The number of ether oxygens (including phenoxy) is 1. The molecule has 1 N–H and O–H groups in total. The molecule has 1 saturated carbocycles. The van der Waals surface area contributed by atoms with Gasteiger partial charge in [0.05, 0.1) is 7.11 Å². The lowest BCUT2D eigenvalue weighted by molar-refractivity contribution is 0.362. The Morgan fingerprint density at radius 1 is 1.44 bits per heavy atom. The van der Waals surface area contributed by atoms with Crippen LogP contribution in [0, 0.1) is 11.2 Å². The topological polar surface area (TPSA) is 21.3 Å². The molecule has 100 valence electrons. The van der Waals surface area contributed by atoms with E-state index in [9.17, 15) is 4.39 Å². The minimum Gasteiger partial charge on any atom is -0.494 e. The van der Waals surface area contributed by atoms with Gasteiger partial charge >= 0.3 is 0 Å². The molecular formula is C15H22FNO. The molecule has 2 rings (SSSR count). The predicted molar refractivity (Wildman–Crippen MR) is 71.2 cm³/mol. The summed E-state index contributed by atoms with van der Waals surface area (Å²) in [5, 5.41) is 3.45. The summed E-state index contributed by atoms with van der Waals surface area (Å²) in [6, 6.07) is 5.80. The van der Waals surface area contributed by atoms with Crippen molar-refractivity contribution in [2.45, 2.75) is 45.7 Å². The molecular weight excluding hydrogens is 229 g/mol. The van der Waals surface area contributed by atoms with Crippen LogP contribution < -0.4 is 10.1 Å². The van der Waals surface area contributed by atoms with Gasteiger partial charge in [0.1, 0.15) is 0 Å². The molecule has 0 amide bonds. The van der Waals surface area contributed by atoms with Crippen LogP contribution >= 0.6 is 0 Å². The Morgan fingerprint density at radius 2 is 2.22 bits per heavy atom. The van der Waals surface area contributed by atoms with Crippen LogP contribution in [0.25, 0.3) is 0 Å². The average Bonchev–Trinajstić information content (AvgIpc) is 2.68. The van der Waals surface area contributed by atoms with E-state index < -0.39 is 0 Å². The Labute approximate surface area is 109 Å². The monoisotopic (exact) mass is 251 g/mol. The summed E-state index contributed by atoms with van der Waals surface area (Å²) < 4.78 is 18.9. The lowest BCUT2D eigenvalue weighted by Crippen LogP contribution is -2.27. The van der Waals surface area contributed by atoms with Gasteiger partial charge in [-0.25, -0.2) is 4.39 Å². The second kappa shape index (κ2) is 5.27. The van der Waals surface area contributed by atoms with Crippen LogP contribution in [-0.2, 0) is 6.54 Å². The smallest absolute Gasteiger partial charge is 0.169 e. The molecule has 0 aliphatic heterocycles. The Hall–Kier alpha value is -1.09. The molecule has 0 heterocycles. The number of nitrogens with one attached hydrogen (secondary N) is 1. The molecule has 1 aliphatic rings. The maximum Gasteiger partial charge on any atom is 0.169 e. The Kier molecular flexibility index (Phi) is 3.91. The van der Waals surface area contributed by atoms with Crippen LogP contribution in [0.15, 0.2) is 18.2 Å². The fourth-order valence-electron chi connectivity index (χ4n) is 2.72. The van der Waals surface area contributed by atoms with Gasteiger partial charge in [0.15, 0.2) is 11.6 Å². The van der Waals surface area contributed by atoms with E-state index in [0.717, 1.165) is 0 Å². The second-order valence-corrected chi connectivity index (χ2v) is 5.92. The summed E-state index contributed by atoms with van der Waals surface area (Å²) in [6.07, 6.45) is 3.59. The molecule has 18 heavy (non-hydrogen) atoms. The van der Waals surface area contributed by atoms with Gasteiger partial charge in [-0.15, -0.1) is 0 Å². The molecule has 1 aromatic carbocycles. The van der Waals surface area contributed by atoms with Crippen molar-refractivity contribution in [1.82, 2.24) is 5.32 Å². The number of halogens is 1. The third-order valence-electron chi connectivity index (χ3n) is 3.81. The first-order valence-electron chi connectivity index (χ1n) is 6.56. The largest absolute Gasteiger partial charge is 0.494 e. The summed E-state index contributed by atoms with van der Waals surface area (Å²) in [5.74, 6) is 0.0748. The van der Waals surface area contributed by atoms with E-state index in [4.69, 9.17) is 4.74 Å². The number of hydrogen-bond donors (Lipinski definition) is 1. The molecule has 1 aliphatic carbocycles.